The van der Waals surface area contributed by atoms with Crippen molar-refractivity contribution < 1.29 is 0 Å². The Morgan fingerprint density at radius 3 is 3.20 bits per heavy atom. The highest BCUT2D eigenvalue weighted by Crippen LogP contribution is 2.43. The third-order valence-electron chi connectivity index (χ3n) is 5.57. The lowest BCUT2D eigenvalue weighted by atomic mass is 9.74. The van der Waals surface area contributed by atoms with Crippen LogP contribution >= 0.6 is 0 Å². The maximum absolute atomic E-state index is 4.95. The Hall–Kier alpha value is -1.35. The van der Waals surface area contributed by atoms with Crippen LogP contribution in [0.25, 0.3) is 0 Å². The molecular weight excluding hydrogens is 246 g/mol. The quantitative estimate of drug-likeness (QED) is 0.758. The zero-order valence-electron chi connectivity index (χ0n) is 11.8. The second-order valence-electron chi connectivity index (χ2n) is 6.92. The van der Waals surface area contributed by atoms with Gasteiger partial charge in [0.1, 0.15) is 0 Å². The van der Waals surface area contributed by atoms with Gasteiger partial charge in [0.15, 0.2) is 0 Å². The molecule has 104 valence electrons. The van der Waals surface area contributed by atoms with Gasteiger partial charge >= 0.3 is 0 Å². The highest BCUT2D eigenvalue weighted by Gasteiger charge is 2.33. The minimum absolute atomic E-state index is 0.515. The second kappa shape index (κ2) is 4.08. The standard InChI is InChI=1S/C17H21N3/c1-2-14-15(3-1)20-17-7-13-11(6-16(17)19-14)4-10-5-12(13)9-18-8-10/h6-7,10,12,15,18,20H,1-5,8-9H2. The van der Waals surface area contributed by atoms with Crippen LogP contribution in [0.4, 0.5) is 11.4 Å². The summed E-state index contributed by atoms with van der Waals surface area (Å²) >= 11 is 0. The van der Waals surface area contributed by atoms with Gasteiger partial charge in [0, 0.05) is 12.3 Å². The van der Waals surface area contributed by atoms with Crippen molar-refractivity contribution in [3.05, 3.63) is 23.3 Å². The van der Waals surface area contributed by atoms with Crippen LogP contribution in [0.15, 0.2) is 17.1 Å². The van der Waals surface area contributed by atoms with E-state index in [2.05, 4.69) is 22.8 Å². The predicted octanol–water partition coefficient (Wildman–Crippen LogP) is 2.99. The number of aliphatic imine (C=N–C) groups is 1. The fourth-order valence-corrected chi connectivity index (χ4v) is 4.61. The molecule has 2 bridgehead atoms. The van der Waals surface area contributed by atoms with E-state index in [0.29, 0.717) is 6.04 Å². The fourth-order valence-electron chi connectivity index (χ4n) is 4.61. The van der Waals surface area contributed by atoms with Gasteiger partial charge in [-0.05, 0) is 73.7 Å². The average Bonchev–Trinajstić information content (AvgIpc) is 2.91. The minimum Gasteiger partial charge on any atom is -0.375 e. The maximum atomic E-state index is 4.95. The van der Waals surface area contributed by atoms with E-state index in [-0.39, 0.29) is 0 Å². The Morgan fingerprint density at radius 1 is 1.20 bits per heavy atom. The molecule has 2 aliphatic carbocycles. The summed E-state index contributed by atoms with van der Waals surface area (Å²) in [5, 5.41) is 7.33. The van der Waals surface area contributed by atoms with Gasteiger partial charge in [-0.3, -0.25) is 4.99 Å². The molecule has 1 aromatic rings. The first-order valence-electron chi connectivity index (χ1n) is 8.08. The van der Waals surface area contributed by atoms with E-state index in [9.17, 15) is 0 Å². The van der Waals surface area contributed by atoms with Gasteiger partial charge in [-0.1, -0.05) is 0 Å². The van der Waals surface area contributed by atoms with Gasteiger partial charge in [-0.25, -0.2) is 0 Å². The molecule has 4 aliphatic rings. The number of benzene rings is 1. The Kier molecular flexibility index (Phi) is 2.31. The Balaban J connectivity index is 1.62. The van der Waals surface area contributed by atoms with Crippen LogP contribution in [0.1, 0.15) is 42.7 Å². The predicted molar refractivity (Wildman–Crippen MR) is 82.2 cm³/mol. The van der Waals surface area contributed by atoms with Crippen molar-refractivity contribution >= 4 is 17.1 Å². The summed E-state index contributed by atoms with van der Waals surface area (Å²) in [5.41, 5.74) is 7.01. The third kappa shape index (κ3) is 1.59. The Morgan fingerprint density at radius 2 is 2.20 bits per heavy atom. The molecule has 0 amide bonds. The van der Waals surface area contributed by atoms with Gasteiger partial charge in [0.25, 0.3) is 0 Å². The SMILES string of the molecule is c1c2c(cc3c1N=C1CCCC1N3)C1CNCC(C2)C1. The van der Waals surface area contributed by atoms with Crippen molar-refractivity contribution in [2.24, 2.45) is 10.9 Å². The van der Waals surface area contributed by atoms with Gasteiger partial charge in [-0.2, -0.15) is 0 Å². The monoisotopic (exact) mass is 267 g/mol. The van der Waals surface area contributed by atoms with E-state index in [1.807, 2.05) is 0 Å². The van der Waals surface area contributed by atoms with E-state index < -0.39 is 0 Å². The number of fused-ring (bicyclic) bond motifs is 6. The second-order valence-corrected chi connectivity index (χ2v) is 6.92. The van der Waals surface area contributed by atoms with Gasteiger partial charge in [0.05, 0.1) is 17.4 Å². The third-order valence-corrected chi connectivity index (χ3v) is 5.57. The molecule has 2 aliphatic heterocycles. The molecule has 3 atom stereocenters. The van der Waals surface area contributed by atoms with Crippen molar-refractivity contribution in [1.29, 1.82) is 0 Å². The van der Waals surface area contributed by atoms with E-state index in [0.717, 1.165) is 18.4 Å². The van der Waals surface area contributed by atoms with Crippen LogP contribution in [0.2, 0.25) is 0 Å². The van der Waals surface area contributed by atoms with E-state index >= 15 is 0 Å². The molecule has 3 nitrogen and oxygen atoms in total. The molecule has 1 saturated heterocycles. The number of nitrogens with one attached hydrogen (secondary N) is 2. The molecule has 2 heterocycles. The lowest BCUT2D eigenvalue weighted by Crippen LogP contribution is -2.39. The average molecular weight is 267 g/mol. The summed E-state index contributed by atoms with van der Waals surface area (Å²) in [6.07, 6.45) is 6.34. The van der Waals surface area contributed by atoms with E-state index in [1.54, 1.807) is 11.1 Å². The zero-order valence-corrected chi connectivity index (χ0v) is 11.8. The van der Waals surface area contributed by atoms with Crippen LogP contribution in [-0.4, -0.2) is 24.8 Å². The molecule has 2 N–H and O–H groups in total. The molecule has 20 heavy (non-hydrogen) atoms. The maximum Gasteiger partial charge on any atom is 0.0864 e. The van der Waals surface area contributed by atoms with Crippen LogP contribution in [0.5, 0.6) is 0 Å². The Bertz CT molecular complexity index is 604. The molecule has 3 heteroatoms. The number of anilines is 1. The smallest absolute Gasteiger partial charge is 0.0864 e. The number of piperidine rings is 1. The highest BCUT2D eigenvalue weighted by atomic mass is 15.0. The molecule has 1 saturated carbocycles. The van der Waals surface area contributed by atoms with Crippen molar-refractivity contribution in [2.75, 3.05) is 18.4 Å². The molecule has 0 aromatic heterocycles. The lowest BCUT2D eigenvalue weighted by molar-refractivity contribution is 0.318. The van der Waals surface area contributed by atoms with Crippen molar-refractivity contribution in [3.63, 3.8) is 0 Å². The summed E-state index contributed by atoms with van der Waals surface area (Å²) < 4.78 is 0. The van der Waals surface area contributed by atoms with Crippen molar-refractivity contribution in [1.82, 2.24) is 5.32 Å². The van der Waals surface area contributed by atoms with Crippen LogP contribution in [-0.2, 0) is 6.42 Å². The highest BCUT2D eigenvalue weighted by molar-refractivity contribution is 5.99. The normalized spacial score (nSPS) is 33.6. The van der Waals surface area contributed by atoms with Gasteiger partial charge in [-0.15, -0.1) is 0 Å². The molecule has 0 radical (unpaired) electrons. The number of hydrogen-bond donors (Lipinski definition) is 2. The van der Waals surface area contributed by atoms with Crippen molar-refractivity contribution in [3.8, 4) is 0 Å². The van der Waals surface area contributed by atoms with Crippen LogP contribution in [0, 0.1) is 5.92 Å². The number of nitrogens with zero attached hydrogens (tertiary/aromatic N) is 1. The lowest BCUT2D eigenvalue weighted by Gasteiger charge is -2.37. The zero-order chi connectivity index (χ0) is 13.1. The minimum atomic E-state index is 0.515. The Labute approximate surface area is 119 Å². The summed E-state index contributed by atoms with van der Waals surface area (Å²) in [6.45, 7) is 2.35. The molecule has 3 unspecified atom stereocenters. The van der Waals surface area contributed by atoms with Crippen molar-refractivity contribution in [2.45, 2.75) is 44.1 Å². The summed E-state index contributed by atoms with van der Waals surface area (Å²) in [4.78, 5) is 4.95. The van der Waals surface area contributed by atoms with E-state index in [1.165, 1.54) is 55.7 Å². The van der Waals surface area contributed by atoms with Gasteiger partial charge in [0.2, 0.25) is 0 Å². The topological polar surface area (TPSA) is 36.4 Å². The largest absolute Gasteiger partial charge is 0.375 e. The fraction of sp³-hybridized carbons (Fsp3) is 0.588. The molecule has 1 aromatic carbocycles. The summed E-state index contributed by atoms with van der Waals surface area (Å²) in [6, 6.07) is 5.31. The first-order valence-corrected chi connectivity index (χ1v) is 8.08. The van der Waals surface area contributed by atoms with E-state index in [4.69, 9.17) is 4.99 Å². The number of rotatable bonds is 0. The summed E-state index contributed by atoms with van der Waals surface area (Å²) in [7, 11) is 0. The summed E-state index contributed by atoms with van der Waals surface area (Å²) in [5.74, 6) is 1.56. The molecular formula is C17H21N3. The molecule has 5 rings (SSSR count). The molecule has 2 fully saturated rings. The van der Waals surface area contributed by atoms with Gasteiger partial charge < -0.3 is 10.6 Å². The molecule has 0 spiro atoms. The first-order chi connectivity index (χ1) is 9.87. The first kappa shape index (κ1) is 11.3. The number of hydrogen-bond acceptors (Lipinski definition) is 3. The van der Waals surface area contributed by atoms with Crippen LogP contribution < -0.4 is 10.6 Å². The van der Waals surface area contributed by atoms with Crippen LogP contribution in [0.3, 0.4) is 0 Å².